The molecule has 7 heteroatoms. The Hall–Kier alpha value is -0.790. The Morgan fingerprint density at radius 3 is 2.43 bits per heavy atom. The second kappa shape index (κ2) is 6.63. The van der Waals surface area contributed by atoms with E-state index in [1.807, 2.05) is 0 Å². The highest BCUT2D eigenvalue weighted by Gasteiger charge is 2.16. The quantitative estimate of drug-likeness (QED) is 0.403. The van der Waals surface area contributed by atoms with Crippen molar-refractivity contribution >= 4 is 23.6 Å². The van der Waals surface area contributed by atoms with Gasteiger partial charge < -0.3 is 21.9 Å². The molecule has 6 nitrogen and oxygen atoms in total. The summed E-state index contributed by atoms with van der Waals surface area (Å²) in [6, 6.07) is -1.34. The second-order valence-electron chi connectivity index (χ2n) is 2.73. The Morgan fingerprint density at radius 2 is 2.07 bits per heavy atom. The van der Waals surface area contributed by atoms with Crippen molar-refractivity contribution in [2.24, 2.45) is 11.5 Å². The molecule has 6 N–H and O–H groups in total. The van der Waals surface area contributed by atoms with E-state index in [9.17, 15) is 9.59 Å². The standard InChI is InChI=1S/C7H15N3O3S/c1-10-5(7(12)13)3-14-2-4(8)6(9)11/h4-5,10H,2-3,8H2,1H3,(H2,9,11)(H,12,13). The SMILES string of the molecule is CNC(CSCC(N)C(N)=O)C(=O)O. The molecule has 0 aliphatic heterocycles. The number of aliphatic carboxylic acids is 1. The van der Waals surface area contributed by atoms with Crippen molar-refractivity contribution in [2.45, 2.75) is 12.1 Å². The normalized spacial score (nSPS) is 14.7. The molecule has 0 aromatic heterocycles. The Bertz CT molecular complexity index is 212. The van der Waals surface area contributed by atoms with E-state index < -0.39 is 24.0 Å². The van der Waals surface area contributed by atoms with E-state index in [0.717, 1.165) is 0 Å². The topological polar surface area (TPSA) is 118 Å². The number of primary amides is 1. The fraction of sp³-hybridized carbons (Fsp3) is 0.714. The van der Waals surface area contributed by atoms with E-state index in [1.165, 1.54) is 11.8 Å². The van der Waals surface area contributed by atoms with Crippen LogP contribution in [0.4, 0.5) is 0 Å². The molecule has 1 amide bonds. The molecule has 0 saturated carbocycles. The summed E-state index contributed by atoms with van der Waals surface area (Å²) in [5.41, 5.74) is 10.3. The molecule has 0 aromatic rings. The maximum atomic E-state index is 10.5. The van der Waals surface area contributed by atoms with E-state index in [-0.39, 0.29) is 0 Å². The summed E-state index contributed by atoms with van der Waals surface area (Å²) in [6.07, 6.45) is 0. The maximum Gasteiger partial charge on any atom is 0.321 e. The fourth-order valence-corrected chi connectivity index (χ4v) is 1.77. The van der Waals surface area contributed by atoms with E-state index in [4.69, 9.17) is 16.6 Å². The molecule has 0 heterocycles. The number of thioether (sulfide) groups is 1. The second-order valence-corrected chi connectivity index (χ2v) is 3.80. The molecule has 0 rings (SSSR count). The number of carbonyl (C=O) groups is 2. The predicted molar refractivity (Wildman–Crippen MR) is 55.0 cm³/mol. The number of amides is 1. The molecule has 0 aromatic carbocycles. The molecular formula is C7H15N3O3S. The summed E-state index contributed by atoms with van der Waals surface area (Å²) in [5.74, 6) is -0.811. The molecule has 0 spiro atoms. The van der Waals surface area contributed by atoms with Gasteiger partial charge in [0, 0.05) is 11.5 Å². The molecule has 0 saturated heterocycles. The lowest BCUT2D eigenvalue weighted by atomic mass is 10.3. The molecule has 0 bridgehead atoms. The fourth-order valence-electron chi connectivity index (χ4n) is 0.673. The van der Waals surface area contributed by atoms with Crippen LogP contribution in [0.25, 0.3) is 0 Å². The number of carbonyl (C=O) groups excluding carboxylic acids is 1. The Morgan fingerprint density at radius 1 is 1.50 bits per heavy atom. The highest BCUT2D eigenvalue weighted by molar-refractivity contribution is 7.99. The summed E-state index contributed by atoms with van der Waals surface area (Å²) in [6.45, 7) is 0. The third-order valence-electron chi connectivity index (χ3n) is 1.59. The first-order valence-electron chi connectivity index (χ1n) is 4.01. The van der Waals surface area contributed by atoms with Crippen molar-refractivity contribution < 1.29 is 14.7 Å². The van der Waals surface area contributed by atoms with Crippen LogP contribution in [0.5, 0.6) is 0 Å². The third kappa shape index (κ3) is 5.05. The molecule has 0 fully saturated rings. The first kappa shape index (κ1) is 13.2. The molecule has 0 radical (unpaired) electrons. The minimum atomic E-state index is -0.923. The zero-order valence-corrected chi connectivity index (χ0v) is 8.71. The van der Waals surface area contributed by atoms with Crippen LogP contribution in [0.3, 0.4) is 0 Å². The number of rotatable bonds is 7. The highest BCUT2D eigenvalue weighted by atomic mass is 32.2. The zero-order valence-electron chi connectivity index (χ0n) is 7.90. The van der Waals surface area contributed by atoms with E-state index >= 15 is 0 Å². The Balaban J connectivity index is 3.71. The van der Waals surface area contributed by atoms with Gasteiger partial charge in [0.25, 0.3) is 0 Å². The number of hydrogen-bond donors (Lipinski definition) is 4. The van der Waals surface area contributed by atoms with Crippen molar-refractivity contribution in [3.05, 3.63) is 0 Å². The lowest BCUT2D eigenvalue weighted by Gasteiger charge is -2.11. The number of nitrogens with one attached hydrogen (secondary N) is 1. The van der Waals surface area contributed by atoms with Gasteiger partial charge in [-0.05, 0) is 7.05 Å². The molecule has 0 aliphatic rings. The minimum Gasteiger partial charge on any atom is -0.480 e. The van der Waals surface area contributed by atoms with Crippen LogP contribution in [-0.4, -0.2) is 47.6 Å². The van der Waals surface area contributed by atoms with Gasteiger partial charge in [0.1, 0.15) is 6.04 Å². The monoisotopic (exact) mass is 221 g/mol. The lowest BCUT2D eigenvalue weighted by molar-refractivity contribution is -0.138. The van der Waals surface area contributed by atoms with Gasteiger partial charge in [-0.15, -0.1) is 0 Å². The van der Waals surface area contributed by atoms with Gasteiger partial charge in [-0.2, -0.15) is 11.8 Å². The van der Waals surface area contributed by atoms with Crippen molar-refractivity contribution in [1.82, 2.24) is 5.32 Å². The van der Waals surface area contributed by atoms with Crippen LogP contribution >= 0.6 is 11.8 Å². The molecule has 2 atom stereocenters. The van der Waals surface area contributed by atoms with Crippen LogP contribution in [0, 0.1) is 0 Å². The molecule has 0 aliphatic carbocycles. The van der Waals surface area contributed by atoms with Gasteiger partial charge in [-0.1, -0.05) is 0 Å². The van der Waals surface area contributed by atoms with Gasteiger partial charge in [-0.25, -0.2) is 0 Å². The van der Waals surface area contributed by atoms with Crippen LogP contribution in [0.2, 0.25) is 0 Å². The Labute approximate surface area is 86.4 Å². The molecule has 82 valence electrons. The summed E-state index contributed by atoms with van der Waals surface area (Å²) in [4.78, 5) is 21.1. The van der Waals surface area contributed by atoms with Crippen LogP contribution in [0.15, 0.2) is 0 Å². The first-order chi connectivity index (χ1) is 6.49. The zero-order chi connectivity index (χ0) is 11.1. The first-order valence-corrected chi connectivity index (χ1v) is 5.17. The molecule has 2 unspecified atom stereocenters. The summed E-state index contributed by atoms with van der Waals surface area (Å²) in [5, 5.41) is 11.3. The Kier molecular flexibility index (Phi) is 6.26. The number of carboxylic acids is 1. The van der Waals surface area contributed by atoms with Gasteiger partial charge in [0.2, 0.25) is 5.91 Å². The number of carboxylic acid groups (broad SMARTS) is 1. The largest absolute Gasteiger partial charge is 0.480 e. The number of likely N-dealkylation sites (N-methyl/N-ethyl adjacent to an activating group) is 1. The molecule has 14 heavy (non-hydrogen) atoms. The van der Waals surface area contributed by atoms with Crippen molar-refractivity contribution in [3.8, 4) is 0 Å². The maximum absolute atomic E-state index is 10.5. The van der Waals surface area contributed by atoms with Gasteiger partial charge in [-0.3, -0.25) is 9.59 Å². The number of nitrogens with two attached hydrogens (primary N) is 2. The smallest absolute Gasteiger partial charge is 0.321 e. The van der Waals surface area contributed by atoms with Crippen molar-refractivity contribution in [2.75, 3.05) is 18.6 Å². The molecular weight excluding hydrogens is 206 g/mol. The van der Waals surface area contributed by atoms with Gasteiger partial charge >= 0.3 is 5.97 Å². The van der Waals surface area contributed by atoms with Gasteiger partial charge in [0.15, 0.2) is 0 Å². The van der Waals surface area contributed by atoms with Crippen molar-refractivity contribution in [3.63, 3.8) is 0 Å². The predicted octanol–water partition coefficient (Wildman–Crippen LogP) is -1.80. The van der Waals surface area contributed by atoms with Crippen LogP contribution in [0.1, 0.15) is 0 Å². The third-order valence-corrected chi connectivity index (χ3v) is 2.76. The average Bonchev–Trinajstić information content (AvgIpc) is 2.11. The summed E-state index contributed by atoms with van der Waals surface area (Å²) < 4.78 is 0. The van der Waals surface area contributed by atoms with Gasteiger partial charge in [0.05, 0.1) is 6.04 Å². The summed E-state index contributed by atoms with van der Waals surface area (Å²) in [7, 11) is 1.56. The highest BCUT2D eigenvalue weighted by Crippen LogP contribution is 2.04. The van der Waals surface area contributed by atoms with E-state index in [1.54, 1.807) is 7.05 Å². The van der Waals surface area contributed by atoms with Crippen molar-refractivity contribution in [1.29, 1.82) is 0 Å². The summed E-state index contributed by atoms with van der Waals surface area (Å²) >= 11 is 1.28. The lowest BCUT2D eigenvalue weighted by Crippen LogP contribution is -2.40. The average molecular weight is 221 g/mol. The van der Waals surface area contributed by atoms with E-state index in [0.29, 0.717) is 11.5 Å². The van der Waals surface area contributed by atoms with Crippen LogP contribution < -0.4 is 16.8 Å². The van der Waals surface area contributed by atoms with Crippen LogP contribution in [-0.2, 0) is 9.59 Å². The number of hydrogen-bond acceptors (Lipinski definition) is 5. The minimum absolute atomic E-state index is 0.334. The van der Waals surface area contributed by atoms with E-state index in [2.05, 4.69) is 5.32 Å².